The molecule has 1 saturated heterocycles. The number of benzene rings is 1. The van der Waals surface area contributed by atoms with E-state index in [9.17, 15) is 0 Å². The summed E-state index contributed by atoms with van der Waals surface area (Å²) in [7, 11) is 2.19. The Hall–Kier alpha value is -1.65. The highest BCUT2D eigenvalue weighted by Crippen LogP contribution is 2.29. The molecule has 2 heterocycles. The van der Waals surface area contributed by atoms with E-state index in [-0.39, 0.29) is 0 Å². The van der Waals surface area contributed by atoms with E-state index in [0.717, 1.165) is 26.3 Å². The van der Waals surface area contributed by atoms with Crippen LogP contribution in [0.15, 0.2) is 30.6 Å². The molecule has 4 heteroatoms. The summed E-state index contributed by atoms with van der Waals surface area (Å²) in [6, 6.07) is 6.47. The first-order chi connectivity index (χ1) is 10.5. The lowest BCUT2D eigenvalue weighted by atomic mass is 9.88. The van der Waals surface area contributed by atoms with Crippen LogP contribution in [0.1, 0.15) is 23.6 Å². The Balaban J connectivity index is 1.86. The molecule has 0 bridgehead atoms. The number of nitrogens with zero attached hydrogens (tertiary/aromatic N) is 3. The highest BCUT2D eigenvalue weighted by molar-refractivity contribution is 5.49. The van der Waals surface area contributed by atoms with Gasteiger partial charge in [-0.15, -0.1) is 0 Å². The molecular formula is C18H25N3O. The van der Waals surface area contributed by atoms with Gasteiger partial charge in [-0.3, -0.25) is 0 Å². The predicted octanol–water partition coefficient (Wildman–Crippen LogP) is 2.96. The first kappa shape index (κ1) is 15.3. The zero-order chi connectivity index (χ0) is 15.7. The number of hydrogen-bond donors (Lipinski definition) is 0. The van der Waals surface area contributed by atoms with Crippen LogP contribution in [0.25, 0.3) is 5.69 Å². The molecule has 0 unspecified atom stereocenters. The van der Waals surface area contributed by atoms with Crippen molar-refractivity contribution in [2.24, 2.45) is 5.41 Å². The highest BCUT2D eigenvalue weighted by Gasteiger charge is 2.34. The molecule has 118 valence electrons. The quantitative estimate of drug-likeness (QED) is 0.850. The van der Waals surface area contributed by atoms with Crippen LogP contribution in [0, 0.1) is 19.3 Å². The van der Waals surface area contributed by atoms with Crippen molar-refractivity contribution >= 4 is 0 Å². The number of hydrogen-bond acceptors (Lipinski definition) is 3. The van der Waals surface area contributed by atoms with Gasteiger partial charge < -0.3 is 9.64 Å². The van der Waals surface area contributed by atoms with Crippen LogP contribution in [0.4, 0.5) is 0 Å². The molecule has 1 aromatic heterocycles. The van der Waals surface area contributed by atoms with Crippen LogP contribution in [-0.2, 0) is 11.3 Å². The second kappa shape index (κ2) is 5.86. The first-order valence-corrected chi connectivity index (χ1v) is 7.83. The molecule has 1 aliphatic heterocycles. The summed E-state index contributed by atoms with van der Waals surface area (Å²) in [5, 5.41) is 4.43. The second-order valence-corrected chi connectivity index (χ2v) is 7.02. The molecule has 0 aliphatic carbocycles. The lowest BCUT2D eigenvalue weighted by Crippen LogP contribution is -2.47. The molecule has 3 rings (SSSR count). The van der Waals surface area contributed by atoms with Crippen LogP contribution in [0.5, 0.6) is 0 Å². The minimum Gasteiger partial charge on any atom is -0.380 e. The Kier molecular flexibility index (Phi) is 4.06. The second-order valence-electron chi connectivity index (χ2n) is 7.02. The summed E-state index contributed by atoms with van der Waals surface area (Å²) in [4.78, 5) is 2.39. The Morgan fingerprint density at radius 2 is 2.09 bits per heavy atom. The van der Waals surface area contributed by atoms with Gasteiger partial charge in [-0.2, -0.15) is 5.10 Å². The van der Waals surface area contributed by atoms with E-state index in [1.807, 2.05) is 23.1 Å². The molecule has 22 heavy (non-hydrogen) atoms. The third-order valence-corrected chi connectivity index (χ3v) is 4.25. The highest BCUT2D eigenvalue weighted by atomic mass is 16.5. The summed E-state index contributed by atoms with van der Waals surface area (Å²) in [5.41, 5.74) is 5.41. The monoisotopic (exact) mass is 299 g/mol. The zero-order valence-corrected chi connectivity index (χ0v) is 14.0. The average molecular weight is 299 g/mol. The number of aryl methyl sites for hydroxylation is 2. The van der Waals surface area contributed by atoms with Gasteiger partial charge >= 0.3 is 0 Å². The van der Waals surface area contributed by atoms with Gasteiger partial charge in [0.15, 0.2) is 0 Å². The van der Waals surface area contributed by atoms with Crippen LogP contribution in [-0.4, -0.2) is 41.5 Å². The molecule has 2 aromatic rings. The number of ether oxygens (including phenoxy) is 1. The molecule has 1 aliphatic rings. The molecule has 4 nitrogen and oxygen atoms in total. The maximum Gasteiger partial charge on any atom is 0.0719 e. The molecule has 0 N–H and O–H groups in total. The summed E-state index contributed by atoms with van der Waals surface area (Å²) in [5.74, 6) is 0. The van der Waals surface area contributed by atoms with E-state index in [1.165, 1.54) is 22.4 Å². The van der Waals surface area contributed by atoms with Gasteiger partial charge in [0, 0.05) is 30.9 Å². The molecule has 0 amide bonds. The molecule has 0 spiro atoms. The Morgan fingerprint density at radius 1 is 1.32 bits per heavy atom. The van der Waals surface area contributed by atoms with E-state index in [2.05, 4.69) is 50.0 Å². The van der Waals surface area contributed by atoms with Crippen LogP contribution in [0.2, 0.25) is 0 Å². The maximum absolute atomic E-state index is 5.37. The Labute approximate surface area is 132 Å². The van der Waals surface area contributed by atoms with E-state index in [0.29, 0.717) is 5.41 Å². The van der Waals surface area contributed by atoms with Crippen molar-refractivity contribution in [1.29, 1.82) is 0 Å². The standard InChI is InChI=1S/C18H25N3O/c1-14-8-15(2)17(21-7-5-6-19-21)16(9-14)10-20(4)11-18(3)12-22-13-18/h5-9H,10-13H2,1-4H3. The van der Waals surface area contributed by atoms with E-state index < -0.39 is 0 Å². The third-order valence-electron chi connectivity index (χ3n) is 4.25. The summed E-state index contributed by atoms with van der Waals surface area (Å²) in [6.07, 6.45) is 3.85. The summed E-state index contributed by atoms with van der Waals surface area (Å²) >= 11 is 0. The van der Waals surface area contributed by atoms with Crippen molar-refractivity contribution in [1.82, 2.24) is 14.7 Å². The summed E-state index contributed by atoms with van der Waals surface area (Å²) < 4.78 is 7.35. The smallest absolute Gasteiger partial charge is 0.0719 e. The number of aromatic nitrogens is 2. The van der Waals surface area contributed by atoms with Gasteiger partial charge in [-0.05, 0) is 38.1 Å². The van der Waals surface area contributed by atoms with Crippen LogP contribution in [0.3, 0.4) is 0 Å². The van der Waals surface area contributed by atoms with Gasteiger partial charge in [-0.1, -0.05) is 24.6 Å². The zero-order valence-electron chi connectivity index (χ0n) is 14.0. The Morgan fingerprint density at radius 3 is 2.68 bits per heavy atom. The molecule has 1 aromatic carbocycles. The van der Waals surface area contributed by atoms with Gasteiger partial charge in [0.1, 0.15) is 0 Å². The predicted molar refractivity (Wildman–Crippen MR) is 88.3 cm³/mol. The van der Waals surface area contributed by atoms with Crippen LogP contribution >= 0.6 is 0 Å². The molecule has 0 radical (unpaired) electrons. The van der Waals surface area contributed by atoms with E-state index in [1.54, 1.807) is 0 Å². The Bertz CT molecular complexity index is 645. The lowest BCUT2D eigenvalue weighted by Gasteiger charge is -2.41. The molecule has 1 fully saturated rings. The number of rotatable bonds is 5. The first-order valence-electron chi connectivity index (χ1n) is 7.83. The lowest BCUT2D eigenvalue weighted by molar-refractivity contribution is -0.113. The van der Waals surface area contributed by atoms with Crippen molar-refractivity contribution in [3.63, 3.8) is 0 Å². The topological polar surface area (TPSA) is 30.3 Å². The molecule has 0 atom stereocenters. The largest absolute Gasteiger partial charge is 0.380 e. The van der Waals surface area contributed by atoms with Crippen molar-refractivity contribution in [3.8, 4) is 5.69 Å². The van der Waals surface area contributed by atoms with E-state index >= 15 is 0 Å². The fraction of sp³-hybridized carbons (Fsp3) is 0.500. The minimum atomic E-state index is 0.305. The van der Waals surface area contributed by atoms with Crippen molar-refractivity contribution in [2.75, 3.05) is 26.8 Å². The molecule has 0 saturated carbocycles. The van der Waals surface area contributed by atoms with Gasteiger partial charge in [0.05, 0.1) is 18.9 Å². The SMILES string of the molecule is Cc1cc(C)c(-n2cccn2)c(CN(C)CC2(C)COC2)c1. The van der Waals surface area contributed by atoms with Gasteiger partial charge in [0.25, 0.3) is 0 Å². The summed E-state index contributed by atoms with van der Waals surface area (Å²) in [6.45, 7) is 10.3. The third kappa shape index (κ3) is 3.08. The minimum absolute atomic E-state index is 0.305. The van der Waals surface area contributed by atoms with Gasteiger partial charge in [-0.25, -0.2) is 4.68 Å². The van der Waals surface area contributed by atoms with Crippen molar-refractivity contribution in [2.45, 2.75) is 27.3 Å². The van der Waals surface area contributed by atoms with E-state index in [4.69, 9.17) is 4.74 Å². The average Bonchev–Trinajstić information content (AvgIpc) is 2.89. The van der Waals surface area contributed by atoms with Crippen molar-refractivity contribution < 1.29 is 4.74 Å². The van der Waals surface area contributed by atoms with Crippen LogP contribution < -0.4 is 0 Å². The molecular weight excluding hydrogens is 274 g/mol. The normalized spacial score (nSPS) is 16.8. The van der Waals surface area contributed by atoms with Crippen molar-refractivity contribution in [3.05, 3.63) is 47.3 Å². The maximum atomic E-state index is 5.37. The fourth-order valence-electron chi connectivity index (χ4n) is 3.44. The van der Waals surface area contributed by atoms with Gasteiger partial charge in [0.2, 0.25) is 0 Å². The fourth-order valence-corrected chi connectivity index (χ4v) is 3.44.